The Labute approximate surface area is 115 Å². The van der Waals surface area contributed by atoms with Gasteiger partial charge < -0.3 is 4.74 Å². The molecule has 5 nitrogen and oxygen atoms in total. The molecule has 0 aliphatic carbocycles. The Balaban J connectivity index is 2.36. The van der Waals surface area contributed by atoms with Crippen LogP contribution in [0, 0.1) is 6.92 Å². The third-order valence-corrected chi connectivity index (χ3v) is 3.73. The SMILES string of the molecule is CCOc1cccc(-c2nc(C)c(C(=O)NN)s2)c1. The van der Waals surface area contributed by atoms with Gasteiger partial charge in [-0.05, 0) is 26.0 Å². The largest absolute Gasteiger partial charge is 0.494 e. The molecule has 1 heterocycles. The Bertz CT molecular complexity index is 595. The van der Waals surface area contributed by atoms with Crippen LogP contribution in [0.4, 0.5) is 0 Å². The zero-order valence-corrected chi connectivity index (χ0v) is 11.6. The van der Waals surface area contributed by atoms with Gasteiger partial charge in [0.05, 0.1) is 12.3 Å². The number of hydrazine groups is 1. The van der Waals surface area contributed by atoms with Crippen molar-refractivity contribution in [2.45, 2.75) is 13.8 Å². The van der Waals surface area contributed by atoms with Gasteiger partial charge >= 0.3 is 0 Å². The molecule has 0 radical (unpaired) electrons. The van der Waals surface area contributed by atoms with Gasteiger partial charge in [0.1, 0.15) is 15.6 Å². The Morgan fingerprint density at radius 3 is 3.00 bits per heavy atom. The van der Waals surface area contributed by atoms with Gasteiger partial charge in [0.25, 0.3) is 5.91 Å². The lowest BCUT2D eigenvalue weighted by molar-refractivity contribution is 0.0957. The molecule has 0 fully saturated rings. The minimum atomic E-state index is -0.317. The maximum Gasteiger partial charge on any atom is 0.277 e. The van der Waals surface area contributed by atoms with Crippen molar-refractivity contribution in [2.75, 3.05) is 6.61 Å². The second-order valence-corrected chi connectivity index (χ2v) is 4.87. The standard InChI is InChI=1S/C13H15N3O2S/c1-3-18-10-6-4-5-9(7-10)13-15-8(2)11(19-13)12(17)16-14/h4-7H,3,14H2,1-2H3,(H,16,17). The highest BCUT2D eigenvalue weighted by Gasteiger charge is 2.15. The number of carbonyl (C=O) groups excluding carboxylic acids is 1. The van der Waals surface area contributed by atoms with Gasteiger partial charge in [-0.2, -0.15) is 0 Å². The summed E-state index contributed by atoms with van der Waals surface area (Å²) >= 11 is 1.31. The summed E-state index contributed by atoms with van der Waals surface area (Å²) in [7, 11) is 0. The molecular weight excluding hydrogens is 262 g/mol. The average Bonchev–Trinajstić information content (AvgIpc) is 2.81. The average molecular weight is 277 g/mol. The quantitative estimate of drug-likeness (QED) is 0.510. The molecule has 1 aromatic carbocycles. The van der Waals surface area contributed by atoms with Gasteiger partial charge in [-0.3, -0.25) is 10.2 Å². The smallest absolute Gasteiger partial charge is 0.277 e. The molecule has 0 atom stereocenters. The molecule has 0 bridgehead atoms. The van der Waals surface area contributed by atoms with E-state index >= 15 is 0 Å². The maximum absolute atomic E-state index is 11.6. The zero-order valence-electron chi connectivity index (χ0n) is 10.8. The van der Waals surface area contributed by atoms with Crippen LogP contribution in [0.3, 0.4) is 0 Å². The molecule has 0 aliphatic heterocycles. The molecule has 0 spiro atoms. The molecule has 100 valence electrons. The monoisotopic (exact) mass is 277 g/mol. The fraction of sp³-hybridized carbons (Fsp3) is 0.231. The zero-order chi connectivity index (χ0) is 13.8. The normalized spacial score (nSPS) is 10.3. The lowest BCUT2D eigenvalue weighted by Crippen LogP contribution is -2.29. The number of nitrogens with one attached hydrogen (secondary N) is 1. The van der Waals surface area contributed by atoms with E-state index in [9.17, 15) is 4.79 Å². The number of hydrogen-bond acceptors (Lipinski definition) is 5. The van der Waals surface area contributed by atoms with Crippen LogP contribution in [0.25, 0.3) is 10.6 Å². The van der Waals surface area contributed by atoms with Crippen LogP contribution in [0.5, 0.6) is 5.75 Å². The van der Waals surface area contributed by atoms with E-state index in [4.69, 9.17) is 10.6 Å². The van der Waals surface area contributed by atoms with E-state index in [0.29, 0.717) is 17.2 Å². The highest BCUT2D eigenvalue weighted by Crippen LogP contribution is 2.29. The summed E-state index contributed by atoms with van der Waals surface area (Å²) in [5.41, 5.74) is 3.72. The number of nitrogens with two attached hydrogens (primary N) is 1. The second-order valence-electron chi connectivity index (χ2n) is 3.87. The molecule has 19 heavy (non-hydrogen) atoms. The third kappa shape index (κ3) is 2.91. The lowest BCUT2D eigenvalue weighted by atomic mass is 10.2. The van der Waals surface area contributed by atoms with Gasteiger partial charge in [-0.25, -0.2) is 10.8 Å². The molecule has 3 N–H and O–H groups in total. The summed E-state index contributed by atoms with van der Waals surface area (Å²) in [6.45, 7) is 4.34. The van der Waals surface area contributed by atoms with Crippen LogP contribution in [-0.2, 0) is 0 Å². The number of rotatable bonds is 4. The number of amides is 1. The molecule has 6 heteroatoms. The van der Waals surface area contributed by atoms with E-state index < -0.39 is 0 Å². The van der Waals surface area contributed by atoms with Crippen molar-refractivity contribution in [1.29, 1.82) is 0 Å². The van der Waals surface area contributed by atoms with Crippen LogP contribution in [-0.4, -0.2) is 17.5 Å². The maximum atomic E-state index is 11.6. The van der Waals surface area contributed by atoms with Crippen molar-refractivity contribution in [2.24, 2.45) is 5.84 Å². The van der Waals surface area contributed by atoms with E-state index in [0.717, 1.165) is 16.3 Å². The summed E-state index contributed by atoms with van der Waals surface area (Å²) < 4.78 is 5.45. The van der Waals surface area contributed by atoms with Crippen LogP contribution in [0.1, 0.15) is 22.3 Å². The molecule has 0 saturated heterocycles. The lowest BCUT2D eigenvalue weighted by Gasteiger charge is -2.03. The predicted molar refractivity (Wildman–Crippen MR) is 75.1 cm³/mol. The first-order chi connectivity index (χ1) is 9.15. The molecule has 0 aliphatic rings. The van der Waals surface area contributed by atoms with Gasteiger partial charge in [-0.15, -0.1) is 11.3 Å². The van der Waals surface area contributed by atoms with E-state index in [1.807, 2.05) is 31.2 Å². The molecule has 2 aromatic rings. The molecule has 1 amide bonds. The van der Waals surface area contributed by atoms with E-state index in [2.05, 4.69) is 10.4 Å². The molecule has 0 saturated carbocycles. The highest BCUT2D eigenvalue weighted by atomic mass is 32.1. The number of carbonyl (C=O) groups is 1. The van der Waals surface area contributed by atoms with Crippen molar-refractivity contribution < 1.29 is 9.53 Å². The van der Waals surface area contributed by atoms with Gasteiger partial charge in [-0.1, -0.05) is 12.1 Å². The number of aryl methyl sites for hydroxylation is 1. The Kier molecular flexibility index (Phi) is 4.13. The summed E-state index contributed by atoms with van der Waals surface area (Å²) in [6, 6.07) is 7.64. The first-order valence-electron chi connectivity index (χ1n) is 5.87. The van der Waals surface area contributed by atoms with Crippen LogP contribution >= 0.6 is 11.3 Å². The predicted octanol–water partition coefficient (Wildman–Crippen LogP) is 2.12. The number of nitrogen functional groups attached to an aromatic ring is 1. The number of aromatic nitrogens is 1. The Hall–Kier alpha value is -1.92. The molecule has 0 unspecified atom stereocenters. The molecule has 2 rings (SSSR count). The van der Waals surface area contributed by atoms with Gasteiger partial charge in [0.15, 0.2) is 0 Å². The van der Waals surface area contributed by atoms with Crippen LogP contribution < -0.4 is 16.0 Å². The Morgan fingerprint density at radius 1 is 1.53 bits per heavy atom. The fourth-order valence-electron chi connectivity index (χ4n) is 1.68. The number of ether oxygens (including phenoxy) is 1. The first kappa shape index (κ1) is 13.5. The van der Waals surface area contributed by atoms with Crippen molar-refractivity contribution in [3.63, 3.8) is 0 Å². The summed E-state index contributed by atoms with van der Waals surface area (Å²) in [4.78, 5) is 16.5. The van der Waals surface area contributed by atoms with Crippen molar-refractivity contribution in [3.05, 3.63) is 34.8 Å². The number of benzene rings is 1. The van der Waals surface area contributed by atoms with Crippen molar-refractivity contribution >= 4 is 17.2 Å². The van der Waals surface area contributed by atoms with Crippen molar-refractivity contribution in [3.8, 4) is 16.3 Å². The van der Waals surface area contributed by atoms with E-state index in [-0.39, 0.29) is 5.91 Å². The highest BCUT2D eigenvalue weighted by molar-refractivity contribution is 7.17. The molecular formula is C13H15N3O2S. The number of thiazole rings is 1. The third-order valence-electron chi connectivity index (χ3n) is 2.53. The summed E-state index contributed by atoms with van der Waals surface area (Å²) in [6.07, 6.45) is 0. The summed E-state index contributed by atoms with van der Waals surface area (Å²) in [5, 5.41) is 0.776. The van der Waals surface area contributed by atoms with E-state index in [1.165, 1.54) is 11.3 Å². The minimum Gasteiger partial charge on any atom is -0.494 e. The number of hydrogen-bond donors (Lipinski definition) is 2. The van der Waals surface area contributed by atoms with Crippen molar-refractivity contribution in [1.82, 2.24) is 10.4 Å². The van der Waals surface area contributed by atoms with Crippen LogP contribution in [0.2, 0.25) is 0 Å². The van der Waals surface area contributed by atoms with E-state index in [1.54, 1.807) is 6.92 Å². The Morgan fingerprint density at radius 2 is 2.32 bits per heavy atom. The minimum absolute atomic E-state index is 0.317. The first-order valence-corrected chi connectivity index (χ1v) is 6.69. The topological polar surface area (TPSA) is 77.2 Å². The number of nitrogens with zero attached hydrogens (tertiary/aromatic N) is 1. The second kappa shape index (κ2) is 5.81. The fourth-order valence-corrected chi connectivity index (χ4v) is 2.65. The van der Waals surface area contributed by atoms with Gasteiger partial charge in [0.2, 0.25) is 0 Å². The van der Waals surface area contributed by atoms with Gasteiger partial charge in [0, 0.05) is 5.56 Å². The van der Waals surface area contributed by atoms with Crippen LogP contribution in [0.15, 0.2) is 24.3 Å². The summed E-state index contributed by atoms with van der Waals surface area (Å²) in [5.74, 6) is 5.62. The molecule has 1 aromatic heterocycles.